The zero-order valence-corrected chi connectivity index (χ0v) is 22.3. The first-order valence-electron chi connectivity index (χ1n) is 9.98. The minimum Gasteiger partial charge on any atom is -0.492 e. The monoisotopic (exact) mass is 559 g/mol. The van der Waals surface area contributed by atoms with Crippen molar-refractivity contribution in [1.82, 2.24) is 10.6 Å². The largest absolute Gasteiger partial charge is 0.492 e. The first-order chi connectivity index (χ1) is 14.0. The van der Waals surface area contributed by atoms with Gasteiger partial charge in [0.15, 0.2) is 15.8 Å². The lowest BCUT2D eigenvalue weighted by Gasteiger charge is -2.19. The van der Waals surface area contributed by atoms with Crippen molar-refractivity contribution in [2.24, 2.45) is 4.99 Å². The third-order valence-corrected chi connectivity index (χ3v) is 5.96. The van der Waals surface area contributed by atoms with E-state index in [1.54, 1.807) is 20.0 Å². The van der Waals surface area contributed by atoms with Crippen LogP contribution in [0.25, 0.3) is 0 Å². The van der Waals surface area contributed by atoms with Crippen LogP contribution in [0.4, 0.5) is 0 Å². The second kappa shape index (κ2) is 11.7. The first-order valence-corrected chi connectivity index (χ1v) is 11.9. The van der Waals surface area contributed by atoms with Crippen LogP contribution in [0.15, 0.2) is 52.4 Å². The Labute approximate surface area is 203 Å². The van der Waals surface area contributed by atoms with Gasteiger partial charge in [0.1, 0.15) is 12.4 Å². The number of nitrogens with one attached hydrogen (secondary N) is 2. The molecular weight excluding hydrogens is 525 g/mol. The van der Waals surface area contributed by atoms with Crippen molar-refractivity contribution >= 4 is 39.8 Å². The van der Waals surface area contributed by atoms with Crippen LogP contribution in [0.3, 0.4) is 0 Å². The van der Waals surface area contributed by atoms with E-state index in [1.807, 2.05) is 24.3 Å². The number of hydrogen-bond acceptors (Lipinski definition) is 4. The number of aliphatic imine (C=N–C) groups is 1. The van der Waals surface area contributed by atoms with Crippen molar-refractivity contribution in [2.75, 3.05) is 26.5 Å². The number of aryl methyl sites for hydroxylation is 1. The maximum absolute atomic E-state index is 11.7. The van der Waals surface area contributed by atoms with Gasteiger partial charge < -0.3 is 15.4 Å². The summed E-state index contributed by atoms with van der Waals surface area (Å²) < 4.78 is 29.3. The highest BCUT2D eigenvalue weighted by Gasteiger charge is 2.13. The Morgan fingerprint density at radius 1 is 1.06 bits per heavy atom. The van der Waals surface area contributed by atoms with E-state index < -0.39 is 9.84 Å². The van der Waals surface area contributed by atoms with Crippen LogP contribution in [-0.4, -0.2) is 40.8 Å². The highest BCUT2D eigenvalue weighted by atomic mass is 127. The number of nitrogens with zero attached hydrogens (tertiary/aromatic N) is 1. The van der Waals surface area contributed by atoms with Gasteiger partial charge in [-0.1, -0.05) is 45.0 Å². The van der Waals surface area contributed by atoms with Crippen LogP contribution in [0.5, 0.6) is 5.75 Å². The summed E-state index contributed by atoms with van der Waals surface area (Å²) in [4.78, 5) is 4.57. The van der Waals surface area contributed by atoms with Crippen LogP contribution in [0, 0.1) is 6.92 Å². The van der Waals surface area contributed by atoms with E-state index in [1.165, 1.54) is 11.8 Å². The van der Waals surface area contributed by atoms with Gasteiger partial charge in [-0.05, 0) is 47.2 Å². The molecule has 8 heteroatoms. The third kappa shape index (κ3) is 8.68. The van der Waals surface area contributed by atoms with Crippen molar-refractivity contribution in [2.45, 2.75) is 44.6 Å². The second-order valence-corrected chi connectivity index (χ2v) is 10.3. The molecule has 0 aliphatic rings. The summed E-state index contributed by atoms with van der Waals surface area (Å²) in [7, 11) is -1.50. The predicted molar refractivity (Wildman–Crippen MR) is 139 cm³/mol. The molecule has 0 aliphatic heterocycles. The van der Waals surface area contributed by atoms with E-state index in [-0.39, 0.29) is 29.4 Å². The van der Waals surface area contributed by atoms with Gasteiger partial charge in [0.25, 0.3) is 0 Å². The Hall–Kier alpha value is -1.81. The predicted octanol–water partition coefficient (Wildman–Crippen LogP) is 4.06. The molecule has 2 aromatic rings. The first kappa shape index (κ1) is 27.2. The van der Waals surface area contributed by atoms with Crippen molar-refractivity contribution < 1.29 is 13.2 Å². The molecule has 2 N–H and O–H groups in total. The Morgan fingerprint density at radius 3 is 2.23 bits per heavy atom. The number of halogens is 1. The van der Waals surface area contributed by atoms with Gasteiger partial charge in [-0.15, -0.1) is 24.0 Å². The standard InChI is InChI=1S/C23H33N3O3S.HI/c1-17-15-18(7-12-21(17)30(6,27)28)16-26-22(24-5)25-13-14-29-20-10-8-19(9-11-20)23(2,3)4;/h7-12,15H,13-14,16H2,1-6H3,(H2,24,25,26);1H. The molecule has 2 aromatic carbocycles. The lowest BCUT2D eigenvalue weighted by molar-refractivity contribution is 0.321. The molecule has 0 heterocycles. The van der Waals surface area contributed by atoms with Crippen molar-refractivity contribution in [3.63, 3.8) is 0 Å². The van der Waals surface area contributed by atoms with Crippen LogP contribution in [-0.2, 0) is 21.8 Å². The number of hydrogen-bond donors (Lipinski definition) is 2. The van der Waals surface area contributed by atoms with Gasteiger partial charge in [0.05, 0.1) is 11.4 Å². The van der Waals surface area contributed by atoms with Gasteiger partial charge in [-0.2, -0.15) is 0 Å². The molecule has 0 aliphatic carbocycles. The number of rotatable bonds is 7. The number of sulfone groups is 1. The summed E-state index contributed by atoms with van der Waals surface area (Å²) in [5.41, 5.74) is 3.13. The topological polar surface area (TPSA) is 79.8 Å². The zero-order chi connectivity index (χ0) is 22.4. The smallest absolute Gasteiger partial charge is 0.191 e. The summed E-state index contributed by atoms with van der Waals surface area (Å²) >= 11 is 0. The van der Waals surface area contributed by atoms with Gasteiger partial charge in [0.2, 0.25) is 0 Å². The molecule has 6 nitrogen and oxygen atoms in total. The number of benzene rings is 2. The molecule has 0 unspecified atom stereocenters. The molecule has 0 bridgehead atoms. The molecule has 0 saturated heterocycles. The van der Waals surface area contributed by atoms with E-state index in [0.29, 0.717) is 30.6 Å². The van der Waals surface area contributed by atoms with Gasteiger partial charge in [-0.25, -0.2) is 8.42 Å². The average molecular weight is 560 g/mol. The highest BCUT2D eigenvalue weighted by molar-refractivity contribution is 14.0. The minimum atomic E-state index is -3.20. The van der Waals surface area contributed by atoms with E-state index in [2.05, 4.69) is 48.5 Å². The summed E-state index contributed by atoms with van der Waals surface area (Å²) in [6, 6.07) is 13.5. The molecule has 0 aromatic heterocycles. The molecule has 0 fully saturated rings. The molecule has 0 atom stereocenters. The Kier molecular flexibility index (Phi) is 10.3. The van der Waals surface area contributed by atoms with Crippen LogP contribution < -0.4 is 15.4 Å². The second-order valence-electron chi connectivity index (χ2n) is 8.35. The Balaban J connectivity index is 0.00000480. The summed E-state index contributed by atoms with van der Waals surface area (Å²) in [6.07, 6.45) is 1.22. The van der Waals surface area contributed by atoms with Gasteiger partial charge >= 0.3 is 0 Å². The minimum absolute atomic E-state index is 0. The fourth-order valence-corrected chi connectivity index (χ4v) is 3.99. The van der Waals surface area contributed by atoms with E-state index >= 15 is 0 Å². The maximum Gasteiger partial charge on any atom is 0.191 e. The molecule has 0 spiro atoms. The molecular formula is C23H34IN3O3S. The normalized spacial score (nSPS) is 12.1. The molecule has 0 amide bonds. The van der Waals surface area contributed by atoms with Crippen molar-refractivity contribution in [3.8, 4) is 5.75 Å². The number of ether oxygens (including phenoxy) is 1. The quantitative estimate of drug-likeness (QED) is 0.232. The molecule has 31 heavy (non-hydrogen) atoms. The molecule has 0 radical (unpaired) electrons. The summed E-state index contributed by atoms with van der Waals surface area (Å²) in [5, 5.41) is 6.44. The third-order valence-electron chi connectivity index (χ3n) is 4.71. The Bertz CT molecular complexity index is 982. The van der Waals surface area contributed by atoms with Crippen molar-refractivity contribution in [3.05, 3.63) is 59.2 Å². The van der Waals surface area contributed by atoms with Gasteiger partial charge in [0, 0.05) is 19.8 Å². The van der Waals surface area contributed by atoms with E-state index in [9.17, 15) is 8.42 Å². The fraction of sp³-hybridized carbons (Fsp3) is 0.435. The fourth-order valence-electron chi connectivity index (χ4n) is 3.03. The molecule has 2 rings (SSSR count). The lowest BCUT2D eigenvalue weighted by atomic mass is 9.87. The van der Waals surface area contributed by atoms with Crippen LogP contribution in [0.2, 0.25) is 0 Å². The van der Waals surface area contributed by atoms with Crippen LogP contribution in [0.1, 0.15) is 37.5 Å². The molecule has 0 saturated carbocycles. The summed E-state index contributed by atoms with van der Waals surface area (Å²) in [5.74, 6) is 1.50. The van der Waals surface area contributed by atoms with E-state index in [4.69, 9.17) is 4.74 Å². The highest BCUT2D eigenvalue weighted by Crippen LogP contribution is 2.24. The van der Waals surface area contributed by atoms with Gasteiger partial charge in [-0.3, -0.25) is 4.99 Å². The number of guanidine groups is 1. The lowest BCUT2D eigenvalue weighted by Crippen LogP contribution is -2.38. The van der Waals surface area contributed by atoms with Crippen LogP contribution >= 0.6 is 24.0 Å². The Morgan fingerprint density at radius 2 is 1.71 bits per heavy atom. The maximum atomic E-state index is 11.7. The van der Waals surface area contributed by atoms with E-state index in [0.717, 1.165) is 16.9 Å². The SMILES string of the molecule is CN=C(NCCOc1ccc(C(C)(C)C)cc1)NCc1ccc(S(C)(=O)=O)c(C)c1.I. The van der Waals surface area contributed by atoms with Crippen molar-refractivity contribution in [1.29, 1.82) is 0 Å². The zero-order valence-electron chi connectivity index (χ0n) is 19.2. The summed E-state index contributed by atoms with van der Waals surface area (Å²) in [6.45, 7) is 10.0. The average Bonchev–Trinajstić information content (AvgIpc) is 2.66. The molecule has 172 valence electrons.